The lowest BCUT2D eigenvalue weighted by molar-refractivity contribution is -0.123. The summed E-state index contributed by atoms with van der Waals surface area (Å²) in [4.78, 5) is 12.4. The average Bonchev–Trinajstić information content (AvgIpc) is 3.21. The zero-order valence-electron chi connectivity index (χ0n) is 13.5. The lowest BCUT2D eigenvalue weighted by atomic mass is 10.1. The lowest BCUT2D eigenvalue weighted by Gasteiger charge is -2.17. The molecule has 2 aromatic carbocycles. The summed E-state index contributed by atoms with van der Waals surface area (Å²) in [6, 6.07) is 17.1. The molecule has 126 valence electrons. The van der Waals surface area contributed by atoms with Gasteiger partial charge >= 0.3 is 0 Å². The Morgan fingerprint density at radius 2 is 1.92 bits per heavy atom. The number of aromatic nitrogens is 3. The molecule has 25 heavy (non-hydrogen) atoms. The van der Waals surface area contributed by atoms with Crippen LogP contribution in [0.1, 0.15) is 17.2 Å². The molecule has 0 bridgehead atoms. The maximum Gasteiger partial charge on any atom is 0.242 e. The fraction of sp³-hybridized carbons (Fsp3) is 0.211. The van der Waals surface area contributed by atoms with Gasteiger partial charge in [0.15, 0.2) is 0 Å². The minimum absolute atomic E-state index is 0.0607. The van der Waals surface area contributed by atoms with Crippen molar-refractivity contribution in [3.8, 4) is 11.3 Å². The van der Waals surface area contributed by atoms with E-state index in [-0.39, 0.29) is 18.5 Å². The smallest absolute Gasteiger partial charge is 0.242 e. The molecule has 1 aliphatic rings. The van der Waals surface area contributed by atoms with Crippen LogP contribution in [0.15, 0.2) is 60.8 Å². The average molecular weight is 334 g/mol. The predicted octanol–water partition coefficient (Wildman–Crippen LogP) is 1.72. The van der Waals surface area contributed by atoms with E-state index in [1.54, 1.807) is 6.20 Å². The van der Waals surface area contributed by atoms with Crippen molar-refractivity contribution >= 4 is 5.91 Å². The van der Waals surface area contributed by atoms with Crippen LogP contribution in [-0.2, 0) is 17.8 Å². The van der Waals surface area contributed by atoms with E-state index in [4.69, 9.17) is 0 Å². The number of aliphatic hydroxyl groups excluding tert-OH is 1. The monoisotopic (exact) mass is 334 g/mol. The maximum atomic E-state index is 12.4. The van der Waals surface area contributed by atoms with E-state index in [1.807, 2.05) is 54.6 Å². The van der Waals surface area contributed by atoms with Crippen molar-refractivity contribution in [1.82, 2.24) is 20.3 Å². The van der Waals surface area contributed by atoms with Gasteiger partial charge in [0, 0.05) is 12.0 Å². The molecule has 0 spiro atoms. The second kappa shape index (κ2) is 6.49. The van der Waals surface area contributed by atoms with E-state index in [0.717, 1.165) is 22.4 Å². The largest absolute Gasteiger partial charge is 0.390 e. The second-order valence-corrected chi connectivity index (χ2v) is 6.18. The molecule has 6 heteroatoms. The normalized spacial score (nSPS) is 18.8. The molecule has 2 unspecified atom stereocenters. The van der Waals surface area contributed by atoms with Crippen LogP contribution < -0.4 is 5.32 Å². The fourth-order valence-corrected chi connectivity index (χ4v) is 3.23. The summed E-state index contributed by atoms with van der Waals surface area (Å²) in [7, 11) is 0. The Balaban J connectivity index is 1.44. The molecule has 0 radical (unpaired) electrons. The van der Waals surface area contributed by atoms with Crippen LogP contribution in [0, 0.1) is 0 Å². The number of fused-ring (bicyclic) bond motifs is 1. The SMILES string of the molecule is O=C(Cn1cc(-c2ccccc2)nn1)NC1c2ccccc2CC1O. The Kier molecular flexibility index (Phi) is 4.03. The van der Waals surface area contributed by atoms with Gasteiger partial charge in [-0.2, -0.15) is 0 Å². The van der Waals surface area contributed by atoms with E-state index < -0.39 is 6.10 Å². The van der Waals surface area contributed by atoms with Gasteiger partial charge in [0.25, 0.3) is 0 Å². The minimum atomic E-state index is -0.600. The number of amides is 1. The van der Waals surface area contributed by atoms with Crippen LogP contribution in [-0.4, -0.2) is 32.1 Å². The van der Waals surface area contributed by atoms with Crippen molar-refractivity contribution < 1.29 is 9.90 Å². The lowest BCUT2D eigenvalue weighted by Crippen LogP contribution is -2.36. The molecule has 0 saturated carbocycles. The highest BCUT2D eigenvalue weighted by atomic mass is 16.3. The number of nitrogens with zero attached hydrogens (tertiary/aromatic N) is 3. The highest BCUT2D eigenvalue weighted by molar-refractivity contribution is 5.76. The Hall–Kier alpha value is -2.99. The first-order valence-corrected chi connectivity index (χ1v) is 8.21. The van der Waals surface area contributed by atoms with Crippen molar-refractivity contribution in [2.24, 2.45) is 0 Å². The summed E-state index contributed by atoms with van der Waals surface area (Å²) in [5.74, 6) is -0.203. The van der Waals surface area contributed by atoms with Gasteiger partial charge in [-0.25, -0.2) is 4.68 Å². The highest BCUT2D eigenvalue weighted by Gasteiger charge is 2.31. The van der Waals surface area contributed by atoms with Gasteiger partial charge in [-0.3, -0.25) is 4.79 Å². The van der Waals surface area contributed by atoms with Crippen molar-refractivity contribution in [2.45, 2.75) is 25.1 Å². The quantitative estimate of drug-likeness (QED) is 0.761. The molecule has 2 atom stereocenters. The van der Waals surface area contributed by atoms with Gasteiger partial charge in [-0.1, -0.05) is 59.8 Å². The second-order valence-electron chi connectivity index (χ2n) is 6.18. The molecule has 1 amide bonds. The first-order chi connectivity index (χ1) is 12.2. The van der Waals surface area contributed by atoms with Crippen molar-refractivity contribution in [3.05, 3.63) is 71.9 Å². The molecule has 0 fully saturated rings. The molecule has 6 nitrogen and oxygen atoms in total. The molecular formula is C19H18N4O2. The molecule has 3 aromatic rings. The number of nitrogens with one attached hydrogen (secondary N) is 1. The number of hydrogen-bond acceptors (Lipinski definition) is 4. The van der Waals surface area contributed by atoms with Crippen LogP contribution in [0.5, 0.6) is 0 Å². The summed E-state index contributed by atoms with van der Waals surface area (Å²) < 4.78 is 1.50. The van der Waals surface area contributed by atoms with Gasteiger partial charge < -0.3 is 10.4 Å². The van der Waals surface area contributed by atoms with Crippen LogP contribution >= 0.6 is 0 Å². The van der Waals surface area contributed by atoms with E-state index >= 15 is 0 Å². The van der Waals surface area contributed by atoms with Crippen molar-refractivity contribution in [1.29, 1.82) is 0 Å². The number of carbonyl (C=O) groups excluding carboxylic acids is 1. The number of aliphatic hydroxyl groups is 1. The Bertz CT molecular complexity index is 891. The Morgan fingerprint density at radius 1 is 1.16 bits per heavy atom. The fourth-order valence-electron chi connectivity index (χ4n) is 3.23. The molecule has 2 N–H and O–H groups in total. The van der Waals surface area contributed by atoms with Crippen molar-refractivity contribution in [2.75, 3.05) is 0 Å². The topological polar surface area (TPSA) is 80.0 Å². The first kappa shape index (κ1) is 15.5. The Morgan fingerprint density at radius 3 is 2.76 bits per heavy atom. The third-order valence-electron chi connectivity index (χ3n) is 4.43. The highest BCUT2D eigenvalue weighted by Crippen LogP contribution is 2.31. The summed E-state index contributed by atoms with van der Waals surface area (Å²) in [6.07, 6.45) is 1.70. The predicted molar refractivity (Wildman–Crippen MR) is 92.5 cm³/mol. The van der Waals surface area contributed by atoms with E-state index in [1.165, 1.54) is 4.68 Å². The summed E-state index contributed by atoms with van der Waals surface area (Å²) in [5.41, 5.74) is 3.73. The van der Waals surface area contributed by atoms with Crippen LogP contribution in [0.4, 0.5) is 0 Å². The summed E-state index contributed by atoms with van der Waals surface area (Å²) >= 11 is 0. The number of carbonyl (C=O) groups is 1. The van der Waals surface area contributed by atoms with E-state index in [9.17, 15) is 9.90 Å². The molecule has 1 aromatic heterocycles. The van der Waals surface area contributed by atoms with Gasteiger partial charge in [0.05, 0.1) is 18.3 Å². The maximum absolute atomic E-state index is 12.4. The number of hydrogen-bond donors (Lipinski definition) is 2. The van der Waals surface area contributed by atoms with Crippen molar-refractivity contribution in [3.63, 3.8) is 0 Å². The van der Waals surface area contributed by atoms with Crippen LogP contribution in [0.3, 0.4) is 0 Å². The molecular weight excluding hydrogens is 316 g/mol. The Labute approximate surface area is 145 Å². The first-order valence-electron chi connectivity index (χ1n) is 8.21. The standard InChI is InChI=1S/C19H18N4O2/c24-17-10-14-8-4-5-9-15(14)19(17)20-18(25)12-23-11-16(21-22-23)13-6-2-1-3-7-13/h1-9,11,17,19,24H,10,12H2,(H,20,25). The molecule has 4 rings (SSSR count). The van der Waals surface area contributed by atoms with Gasteiger partial charge in [0.1, 0.15) is 12.2 Å². The molecule has 0 saturated heterocycles. The zero-order chi connectivity index (χ0) is 17.2. The third kappa shape index (κ3) is 3.16. The molecule has 1 heterocycles. The van der Waals surface area contributed by atoms with Gasteiger partial charge in [-0.05, 0) is 11.1 Å². The van der Waals surface area contributed by atoms with Crippen LogP contribution in [0.25, 0.3) is 11.3 Å². The number of benzene rings is 2. The minimum Gasteiger partial charge on any atom is -0.390 e. The van der Waals surface area contributed by atoms with E-state index in [0.29, 0.717) is 6.42 Å². The van der Waals surface area contributed by atoms with Gasteiger partial charge in [-0.15, -0.1) is 5.10 Å². The van der Waals surface area contributed by atoms with Crippen LogP contribution in [0.2, 0.25) is 0 Å². The van der Waals surface area contributed by atoms with Gasteiger partial charge in [0.2, 0.25) is 5.91 Å². The third-order valence-corrected chi connectivity index (χ3v) is 4.43. The summed E-state index contributed by atoms with van der Waals surface area (Å²) in [6.45, 7) is 0.0607. The molecule has 0 aliphatic heterocycles. The number of rotatable bonds is 4. The molecule has 1 aliphatic carbocycles. The summed E-state index contributed by atoms with van der Waals surface area (Å²) in [5, 5.41) is 21.3. The van der Waals surface area contributed by atoms with E-state index in [2.05, 4.69) is 15.6 Å². The zero-order valence-corrected chi connectivity index (χ0v) is 13.5.